The first-order chi connectivity index (χ1) is 11.7. The summed E-state index contributed by atoms with van der Waals surface area (Å²) < 4.78 is 5.44. The zero-order chi connectivity index (χ0) is 16.6. The third-order valence-electron chi connectivity index (χ3n) is 6.06. The van der Waals surface area contributed by atoms with Crippen molar-refractivity contribution in [3.05, 3.63) is 16.6 Å². The number of hydrogen-bond acceptors (Lipinski definition) is 5. The summed E-state index contributed by atoms with van der Waals surface area (Å²) in [5.41, 5.74) is 0.126. The van der Waals surface area contributed by atoms with Crippen molar-refractivity contribution >= 4 is 17.2 Å². The Hall–Kier alpha value is -0.980. The van der Waals surface area contributed by atoms with E-state index in [0.29, 0.717) is 12.5 Å². The Bertz CT molecular complexity index is 565. The second-order valence-electron chi connectivity index (χ2n) is 7.73. The minimum atomic E-state index is 0.0586. The van der Waals surface area contributed by atoms with Gasteiger partial charge in [0.05, 0.1) is 19.1 Å². The van der Waals surface area contributed by atoms with Gasteiger partial charge in [0, 0.05) is 37.2 Å². The molecular weight excluding hydrogens is 322 g/mol. The maximum Gasteiger partial charge on any atom is 0.228 e. The molecule has 0 bridgehead atoms. The zero-order valence-corrected chi connectivity index (χ0v) is 15.3. The Morgan fingerprint density at radius 2 is 2.17 bits per heavy atom. The van der Waals surface area contributed by atoms with Gasteiger partial charge in [0.15, 0.2) is 0 Å². The third kappa shape index (κ3) is 3.24. The number of rotatable bonds is 6. The van der Waals surface area contributed by atoms with Crippen LogP contribution in [0.25, 0.3) is 0 Å². The molecule has 2 aliphatic heterocycles. The van der Waals surface area contributed by atoms with Crippen molar-refractivity contribution in [3.8, 4) is 0 Å². The molecule has 0 N–H and O–H groups in total. The summed E-state index contributed by atoms with van der Waals surface area (Å²) in [5, 5.41) is 3.23. The summed E-state index contributed by atoms with van der Waals surface area (Å²) >= 11 is 1.73. The molecule has 1 unspecified atom stereocenters. The topological polar surface area (TPSA) is 45.7 Å². The average Bonchev–Trinajstić information content (AvgIpc) is 3.19. The summed E-state index contributed by atoms with van der Waals surface area (Å²) in [7, 11) is 1.72. The van der Waals surface area contributed by atoms with Crippen LogP contribution in [0, 0.1) is 17.3 Å². The fourth-order valence-corrected chi connectivity index (χ4v) is 5.07. The Kier molecular flexibility index (Phi) is 4.62. The van der Waals surface area contributed by atoms with Crippen LogP contribution in [0.15, 0.2) is 11.6 Å². The molecule has 1 amide bonds. The van der Waals surface area contributed by atoms with E-state index in [1.54, 1.807) is 18.4 Å². The minimum Gasteiger partial charge on any atom is -0.384 e. The third-order valence-corrected chi connectivity index (χ3v) is 6.82. The van der Waals surface area contributed by atoms with Crippen molar-refractivity contribution in [2.24, 2.45) is 17.3 Å². The van der Waals surface area contributed by atoms with Gasteiger partial charge >= 0.3 is 0 Å². The molecule has 1 aromatic rings. The molecule has 4 rings (SSSR count). The van der Waals surface area contributed by atoms with E-state index in [9.17, 15) is 4.79 Å². The minimum absolute atomic E-state index is 0.0586. The van der Waals surface area contributed by atoms with E-state index < -0.39 is 0 Å². The number of piperidine rings is 1. The number of likely N-dealkylation sites (tertiary alicyclic amines) is 2. The van der Waals surface area contributed by atoms with Crippen molar-refractivity contribution in [3.63, 3.8) is 0 Å². The lowest BCUT2D eigenvalue weighted by molar-refractivity contribution is -0.133. The smallest absolute Gasteiger partial charge is 0.228 e. The van der Waals surface area contributed by atoms with E-state index >= 15 is 0 Å². The van der Waals surface area contributed by atoms with Crippen molar-refractivity contribution in [2.45, 2.75) is 32.2 Å². The lowest BCUT2D eigenvalue weighted by atomic mass is 9.71. The van der Waals surface area contributed by atoms with Gasteiger partial charge in [-0.25, -0.2) is 4.98 Å². The van der Waals surface area contributed by atoms with Crippen LogP contribution in [0.1, 0.15) is 30.7 Å². The van der Waals surface area contributed by atoms with Crippen LogP contribution in [0.5, 0.6) is 0 Å². The van der Waals surface area contributed by atoms with E-state index in [-0.39, 0.29) is 11.3 Å². The highest BCUT2D eigenvalue weighted by Crippen LogP contribution is 2.47. The van der Waals surface area contributed by atoms with Crippen molar-refractivity contribution in [1.82, 2.24) is 14.8 Å². The van der Waals surface area contributed by atoms with E-state index in [1.807, 2.05) is 11.6 Å². The number of thiazole rings is 1. The van der Waals surface area contributed by atoms with Crippen LogP contribution < -0.4 is 0 Å². The van der Waals surface area contributed by atoms with Crippen molar-refractivity contribution in [1.29, 1.82) is 0 Å². The molecular formula is C18H27N3O2S. The number of hydrogen-bond donors (Lipinski definition) is 0. The normalized spacial score (nSPS) is 27.3. The SMILES string of the molecule is COCC1C(=O)N(CC2CC2)CC12CCN(Cc1nccs1)CC2. The second kappa shape index (κ2) is 6.73. The van der Waals surface area contributed by atoms with Gasteiger partial charge in [-0.15, -0.1) is 11.3 Å². The number of carbonyl (C=O) groups is 1. The van der Waals surface area contributed by atoms with E-state index in [2.05, 4.69) is 14.8 Å². The molecule has 1 atom stereocenters. The van der Waals surface area contributed by atoms with Gasteiger partial charge in [-0.1, -0.05) is 0 Å². The van der Waals surface area contributed by atoms with Crippen LogP contribution >= 0.6 is 11.3 Å². The molecule has 132 valence electrons. The predicted octanol–water partition coefficient (Wildman–Crippen LogP) is 2.24. The molecule has 3 aliphatic rings. The Labute approximate surface area is 148 Å². The lowest BCUT2D eigenvalue weighted by Gasteiger charge is -2.41. The molecule has 1 aromatic heterocycles. The highest BCUT2D eigenvalue weighted by molar-refractivity contribution is 7.09. The number of carbonyl (C=O) groups excluding carboxylic acids is 1. The number of methoxy groups -OCH3 is 1. The summed E-state index contributed by atoms with van der Waals surface area (Å²) in [6.07, 6.45) is 6.67. The van der Waals surface area contributed by atoms with Gasteiger partial charge in [-0.2, -0.15) is 0 Å². The molecule has 24 heavy (non-hydrogen) atoms. The van der Waals surface area contributed by atoms with Gasteiger partial charge in [0.2, 0.25) is 5.91 Å². The first-order valence-corrected chi connectivity index (χ1v) is 9.96. The largest absolute Gasteiger partial charge is 0.384 e. The Morgan fingerprint density at radius 3 is 2.79 bits per heavy atom. The molecule has 3 heterocycles. The van der Waals surface area contributed by atoms with Crippen LogP contribution in [0.3, 0.4) is 0 Å². The number of aromatic nitrogens is 1. The maximum absolute atomic E-state index is 12.9. The van der Waals surface area contributed by atoms with Crippen LogP contribution in [0.2, 0.25) is 0 Å². The summed E-state index contributed by atoms with van der Waals surface area (Å²) in [6, 6.07) is 0. The molecule has 3 fully saturated rings. The monoisotopic (exact) mass is 349 g/mol. The molecule has 2 saturated heterocycles. The van der Waals surface area contributed by atoms with Crippen molar-refractivity contribution in [2.75, 3.05) is 39.9 Å². The maximum atomic E-state index is 12.9. The molecule has 6 heteroatoms. The van der Waals surface area contributed by atoms with Gasteiger partial charge in [-0.3, -0.25) is 9.69 Å². The molecule has 1 spiro atoms. The first kappa shape index (κ1) is 16.5. The Balaban J connectivity index is 1.41. The Morgan fingerprint density at radius 1 is 1.38 bits per heavy atom. The quantitative estimate of drug-likeness (QED) is 0.790. The van der Waals surface area contributed by atoms with Gasteiger partial charge < -0.3 is 9.64 Å². The molecule has 1 aliphatic carbocycles. The number of ether oxygens (including phenoxy) is 1. The molecule has 0 radical (unpaired) electrons. The molecule has 1 saturated carbocycles. The zero-order valence-electron chi connectivity index (χ0n) is 14.4. The standard InChI is InChI=1S/C18H27N3O2S/c1-23-12-15-17(22)21(10-14-2-3-14)13-18(15)4-7-20(8-5-18)11-16-19-6-9-24-16/h6,9,14-15H,2-5,7-8,10-13H2,1H3. The fraction of sp³-hybridized carbons (Fsp3) is 0.778. The molecule has 0 aromatic carbocycles. The second-order valence-corrected chi connectivity index (χ2v) is 8.71. The highest BCUT2D eigenvalue weighted by atomic mass is 32.1. The fourth-order valence-electron chi connectivity index (χ4n) is 4.42. The van der Waals surface area contributed by atoms with Crippen molar-refractivity contribution < 1.29 is 9.53 Å². The summed E-state index contributed by atoms with van der Waals surface area (Å²) in [4.78, 5) is 21.9. The van der Waals surface area contributed by atoms with Crippen LogP contribution in [-0.2, 0) is 16.1 Å². The number of nitrogens with zero attached hydrogens (tertiary/aromatic N) is 3. The van der Waals surface area contributed by atoms with Crippen LogP contribution in [-0.4, -0.2) is 60.6 Å². The van der Waals surface area contributed by atoms with Gasteiger partial charge in [0.1, 0.15) is 5.01 Å². The van der Waals surface area contributed by atoms with Crippen LogP contribution in [0.4, 0.5) is 0 Å². The predicted molar refractivity (Wildman–Crippen MR) is 93.7 cm³/mol. The highest BCUT2D eigenvalue weighted by Gasteiger charge is 2.53. The summed E-state index contributed by atoms with van der Waals surface area (Å²) in [5.74, 6) is 1.16. The average molecular weight is 350 g/mol. The number of amides is 1. The van der Waals surface area contributed by atoms with E-state index in [1.165, 1.54) is 17.8 Å². The van der Waals surface area contributed by atoms with E-state index in [0.717, 1.165) is 51.5 Å². The lowest BCUT2D eigenvalue weighted by Crippen LogP contribution is -2.45. The summed E-state index contributed by atoms with van der Waals surface area (Å²) in [6.45, 7) is 5.56. The molecule has 5 nitrogen and oxygen atoms in total. The van der Waals surface area contributed by atoms with Gasteiger partial charge in [-0.05, 0) is 44.7 Å². The van der Waals surface area contributed by atoms with E-state index in [4.69, 9.17) is 4.74 Å². The van der Waals surface area contributed by atoms with Gasteiger partial charge in [0.25, 0.3) is 0 Å². The first-order valence-electron chi connectivity index (χ1n) is 9.09.